The Morgan fingerprint density at radius 1 is 0.947 bits per heavy atom. The van der Waals surface area contributed by atoms with E-state index in [-0.39, 0.29) is 0 Å². The first-order chi connectivity index (χ1) is 9.24. The minimum atomic E-state index is 0.715. The molecule has 0 bridgehead atoms. The number of hydrogen-bond donors (Lipinski definition) is 1. The van der Waals surface area contributed by atoms with Gasteiger partial charge in [0, 0.05) is 18.8 Å². The Morgan fingerprint density at radius 2 is 1.58 bits per heavy atom. The second-order valence-electron chi connectivity index (χ2n) is 4.97. The molecule has 0 saturated heterocycles. The highest BCUT2D eigenvalue weighted by Crippen LogP contribution is 2.29. The summed E-state index contributed by atoms with van der Waals surface area (Å²) in [6.45, 7) is 2.00. The zero-order valence-corrected chi connectivity index (χ0v) is 11.5. The van der Waals surface area contributed by atoms with E-state index in [0.717, 1.165) is 36.6 Å². The van der Waals surface area contributed by atoms with Crippen molar-refractivity contribution in [2.75, 3.05) is 23.7 Å². The zero-order chi connectivity index (χ0) is 13.2. The number of anilines is 2. The molecule has 2 nitrogen and oxygen atoms in total. The quantitative estimate of drug-likeness (QED) is 0.805. The van der Waals surface area contributed by atoms with Gasteiger partial charge in [-0.1, -0.05) is 35.9 Å². The first-order valence-electron chi connectivity index (χ1n) is 6.61. The van der Waals surface area contributed by atoms with Gasteiger partial charge in [-0.15, -0.1) is 0 Å². The Hall–Kier alpha value is -1.67. The van der Waals surface area contributed by atoms with Crippen molar-refractivity contribution < 1.29 is 0 Å². The van der Waals surface area contributed by atoms with Crippen molar-refractivity contribution in [3.63, 3.8) is 0 Å². The lowest BCUT2D eigenvalue weighted by Crippen LogP contribution is -2.26. The number of fused-ring (bicyclic) bond motifs is 1. The number of nitrogens with zero attached hydrogens (tertiary/aromatic N) is 1. The van der Waals surface area contributed by atoms with Crippen LogP contribution < -0.4 is 10.6 Å². The van der Waals surface area contributed by atoms with Crippen LogP contribution in [0.5, 0.6) is 0 Å². The van der Waals surface area contributed by atoms with E-state index in [9.17, 15) is 0 Å². The molecule has 0 fully saturated rings. The van der Waals surface area contributed by atoms with Crippen LogP contribution in [-0.4, -0.2) is 13.1 Å². The van der Waals surface area contributed by atoms with E-state index >= 15 is 0 Å². The molecule has 0 aliphatic carbocycles. The second-order valence-corrected chi connectivity index (χ2v) is 5.37. The lowest BCUT2D eigenvalue weighted by atomic mass is 10.0. The molecule has 0 amide bonds. The smallest absolute Gasteiger partial charge is 0.0660 e. The van der Waals surface area contributed by atoms with Gasteiger partial charge >= 0.3 is 0 Å². The lowest BCUT2D eigenvalue weighted by Gasteiger charge is -2.23. The summed E-state index contributed by atoms with van der Waals surface area (Å²) >= 11 is 6.31. The van der Waals surface area contributed by atoms with E-state index in [0.29, 0.717) is 5.69 Å². The maximum absolute atomic E-state index is 6.31. The molecule has 0 atom stereocenters. The Morgan fingerprint density at radius 3 is 2.16 bits per heavy atom. The fourth-order valence-electron chi connectivity index (χ4n) is 2.69. The summed E-state index contributed by atoms with van der Waals surface area (Å²) < 4.78 is 0. The molecule has 0 unspecified atom stereocenters. The van der Waals surface area contributed by atoms with Gasteiger partial charge in [0.2, 0.25) is 0 Å². The number of nitrogen functional groups attached to an aromatic ring is 1. The molecule has 3 rings (SSSR count). The molecule has 2 aromatic rings. The van der Waals surface area contributed by atoms with Gasteiger partial charge < -0.3 is 10.6 Å². The SMILES string of the molecule is Nc1ccc(N2CCc3ccccc3CC2)c(Cl)c1. The van der Waals surface area contributed by atoms with Gasteiger partial charge in [-0.25, -0.2) is 0 Å². The Labute approximate surface area is 118 Å². The van der Waals surface area contributed by atoms with Crippen molar-refractivity contribution in [3.8, 4) is 0 Å². The monoisotopic (exact) mass is 272 g/mol. The molecule has 0 saturated carbocycles. The summed E-state index contributed by atoms with van der Waals surface area (Å²) in [5.74, 6) is 0. The second kappa shape index (κ2) is 5.14. The minimum Gasteiger partial charge on any atom is -0.399 e. The molecular formula is C16H17ClN2. The van der Waals surface area contributed by atoms with E-state index < -0.39 is 0 Å². The Bertz CT molecular complexity index is 568. The third-order valence-electron chi connectivity index (χ3n) is 3.73. The molecule has 0 radical (unpaired) electrons. The average molecular weight is 273 g/mol. The number of rotatable bonds is 1. The molecule has 0 aromatic heterocycles. The highest BCUT2D eigenvalue weighted by atomic mass is 35.5. The van der Waals surface area contributed by atoms with Crippen LogP contribution in [0.1, 0.15) is 11.1 Å². The van der Waals surface area contributed by atoms with Crippen LogP contribution in [0.3, 0.4) is 0 Å². The standard InChI is InChI=1S/C16H17ClN2/c17-15-11-14(18)5-6-16(15)19-9-7-12-3-1-2-4-13(12)8-10-19/h1-6,11H,7-10,18H2. The van der Waals surface area contributed by atoms with E-state index in [1.807, 2.05) is 18.2 Å². The Balaban J connectivity index is 1.85. The van der Waals surface area contributed by atoms with Gasteiger partial charge in [-0.2, -0.15) is 0 Å². The molecular weight excluding hydrogens is 256 g/mol. The maximum atomic E-state index is 6.31. The zero-order valence-electron chi connectivity index (χ0n) is 10.8. The highest BCUT2D eigenvalue weighted by molar-refractivity contribution is 6.33. The van der Waals surface area contributed by atoms with Gasteiger partial charge in [-0.3, -0.25) is 0 Å². The largest absolute Gasteiger partial charge is 0.399 e. The van der Waals surface area contributed by atoms with Crippen molar-refractivity contribution in [2.45, 2.75) is 12.8 Å². The number of halogens is 1. The number of hydrogen-bond acceptors (Lipinski definition) is 2. The summed E-state index contributed by atoms with van der Waals surface area (Å²) in [7, 11) is 0. The highest BCUT2D eigenvalue weighted by Gasteiger charge is 2.15. The van der Waals surface area contributed by atoms with Crippen LogP contribution in [0.15, 0.2) is 42.5 Å². The average Bonchev–Trinajstić information content (AvgIpc) is 2.62. The Kier molecular flexibility index (Phi) is 3.34. The van der Waals surface area contributed by atoms with Gasteiger partial charge in [-0.05, 0) is 42.2 Å². The van der Waals surface area contributed by atoms with Crippen LogP contribution in [-0.2, 0) is 12.8 Å². The van der Waals surface area contributed by atoms with Crippen LogP contribution in [0.25, 0.3) is 0 Å². The lowest BCUT2D eigenvalue weighted by molar-refractivity contribution is 0.806. The number of nitrogens with two attached hydrogens (primary N) is 1. The van der Waals surface area contributed by atoms with Crippen LogP contribution in [0.2, 0.25) is 5.02 Å². The topological polar surface area (TPSA) is 29.3 Å². The van der Waals surface area contributed by atoms with Crippen LogP contribution in [0.4, 0.5) is 11.4 Å². The van der Waals surface area contributed by atoms with E-state index in [2.05, 4.69) is 29.2 Å². The summed E-state index contributed by atoms with van der Waals surface area (Å²) in [5.41, 5.74) is 10.5. The summed E-state index contributed by atoms with van der Waals surface area (Å²) in [5, 5.41) is 0.742. The minimum absolute atomic E-state index is 0.715. The third kappa shape index (κ3) is 2.54. The molecule has 0 spiro atoms. The predicted octanol–water partition coefficient (Wildman–Crippen LogP) is 3.53. The molecule has 1 heterocycles. The fourth-order valence-corrected chi connectivity index (χ4v) is 3.00. The number of benzene rings is 2. The van der Waals surface area contributed by atoms with Crippen LogP contribution >= 0.6 is 11.6 Å². The molecule has 2 N–H and O–H groups in total. The molecule has 19 heavy (non-hydrogen) atoms. The maximum Gasteiger partial charge on any atom is 0.0660 e. The van der Waals surface area contributed by atoms with Crippen molar-refractivity contribution in [3.05, 3.63) is 58.6 Å². The van der Waals surface area contributed by atoms with Crippen molar-refractivity contribution in [1.29, 1.82) is 0 Å². The third-order valence-corrected chi connectivity index (χ3v) is 4.04. The fraction of sp³-hybridized carbons (Fsp3) is 0.250. The van der Waals surface area contributed by atoms with Crippen molar-refractivity contribution in [1.82, 2.24) is 0 Å². The van der Waals surface area contributed by atoms with Crippen LogP contribution in [0, 0.1) is 0 Å². The molecule has 1 aliphatic rings. The molecule has 1 aliphatic heterocycles. The van der Waals surface area contributed by atoms with Gasteiger partial charge in [0.15, 0.2) is 0 Å². The van der Waals surface area contributed by atoms with E-state index in [1.54, 1.807) is 0 Å². The van der Waals surface area contributed by atoms with Crippen molar-refractivity contribution >= 4 is 23.0 Å². The van der Waals surface area contributed by atoms with Crippen molar-refractivity contribution in [2.24, 2.45) is 0 Å². The summed E-state index contributed by atoms with van der Waals surface area (Å²) in [6.07, 6.45) is 2.13. The normalized spacial score (nSPS) is 14.9. The summed E-state index contributed by atoms with van der Waals surface area (Å²) in [4.78, 5) is 2.35. The first kappa shape index (κ1) is 12.4. The molecule has 2 aromatic carbocycles. The van der Waals surface area contributed by atoms with Gasteiger partial charge in [0.05, 0.1) is 10.7 Å². The van der Waals surface area contributed by atoms with Gasteiger partial charge in [0.25, 0.3) is 0 Å². The predicted molar refractivity (Wildman–Crippen MR) is 81.9 cm³/mol. The van der Waals surface area contributed by atoms with E-state index in [1.165, 1.54) is 11.1 Å². The molecule has 3 heteroatoms. The van der Waals surface area contributed by atoms with E-state index in [4.69, 9.17) is 17.3 Å². The molecule has 98 valence electrons. The van der Waals surface area contributed by atoms with Gasteiger partial charge in [0.1, 0.15) is 0 Å². The summed E-state index contributed by atoms with van der Waals surface area (Å²) in [6, 6.07) is 14.4. The first-order valence-corrected chi connectivity index (χ1v) is 6.98.